The Hall–Kier alpha value is -0.780. The van der Waals surface area contributed by atoms with Crippen LogP contribution in [-0.4, -0.2) is 21.6 Å². The lowest BCUT2D eigenvalue weighted by molar-refractivity contribution is 0.743. The average molecular weight is 326 g/mol. The Balaban J connectivity index is 1.81. The molecule has 1 heterocycles. The van der Waals surface area contributed by atoms with Gasteiger partial charge in [0, 0.05) is 34.4 Å². The van der Waals surface area contributed by atoms with Crippen molar-refractivity contribution in [2.24, 2.45) is 12.8 Å². The first kappa shape index (κ1) is 13.6. The van der Waals surface area contributed by atoms with Crippen molar-refractivity contribution in [3.05, 3.63) is 46.7 Å². The van der Waals surface area contributed by atoms with E-state index in [1.165, 1.54) is 10.5 Å². The number of thioether (sulfide) groups is 1. The van der Waals surface area contributed by atoms with E-state index in [9.17, 15) is 0 Å². The number of hydrogen-bond donors (Lipinski definition) is 1. The zero-order chi connectivity index (χ0) is 13.0. The Labute approximate surface area is 120 Å². The number of nitrogens with zero attached hydrogens (tertiary/aromatic N) is 2. The van der Waals surface area contributed by atoms with Crippen LogP contribution in [0.15, 0.2) is 46.0 Å². The molecule has 0 aliphatic carbocycles. The van der Waals surface area contributed by atoms with E-state index in [1.54, 1.807) is 11.8 Å². The number of rotatable bonds is 5. The summed E-state index contributed by atoms with van der Waals surface area (Å²) in [6.45, 7) is 0. The first-order valence-corrected chi connectivity index (χ1v) is 7.53. The second-order valence-electron chi connectivity index (χ2n) is 4.25. The Kier molecular flexibility index (Phi) is 4.86. The smallest absolute Gasteiger partial charge is 0.0522 e. The molecule has 1 aromatic heterocycles. The summed E-state index contributed by atoms with van der Waals surface area (Å²) in [6, 6.07) is 8.46. The number of hydrogen-bond acceptors (Lipinski definition) is 3. The van der Waals surface area contributed by atoms with Crippen molar-refractivity contribution in [2.45, 2.75) is 17.4 Å². The summed E-state index contributed by atoms with van der Waals surface area (Å²) in [6.07, 6.45) is 4.77. The molecule has 5 heteroatoms. The van der Waals surface area contributed by atoms with Gasteiger partial charge in [-0.2, -0.15) is 5.10 Å². The van der Waals surface area contributed by atoms with Gasteiger partial charge in [-0.05, 0) is 36.2 Å². The molecule has 2 N–H and O–H groups in total. The van der Waals surface area contributed by atoms with Crippen LogP contribution in [0.5, 0.6) is 0 Å². The molecule has 0 aliphatic rings. The molecule has 96 valence electrons. The predicted octanol–water partition coefficient (Wildman–Crippen LogP) is 2.84. The highest BCUT2D eigenvalue weighted by molar-refractivity contribution is 9.10. The molecule has 0 radical (unpaired) electrons. The summed E-state index contributed by atoms with van der Waals surface area (Å²) in [7, 11) is 1.92. The van der Waals surface area contributed by atoms with E-state index in [-0.39, 0.29) is 6.04 Å². The molecule has 0 bridgehead atoms. The van der Waals surface area contributed by atoms with Crippen LogP contribution in [0.3, 0.4) is 0 Å². The first-order chi connectivity index (χ1) is 8.63. The van der Waals surface area contributed by atoms with Crippen molar-refractivity contribution < 1.29 is 0 Å². The van der Waals surface area contributed by atoms with E-state index in [2.05, 4.69) is 45.3 Å². The molecular formula is C13H16BrN3S. The van der Waals surface area contributed by atoms with E-state index < -0.39 is 0 Å². The lowest BCUT2D eigenvalue weighted by atomic mass is 10.1. The van der Waals surface area contributed by atoms with Crippen molar-refractivity contribution >= 4 is 27.7 Å². The van der Waals surface area contributed by atoms with Crippen LogP contribution in [0.4, 0.5) is 0 Å². The highest BCUT2D eigenvalue weighted by atomic mass is 79.9. The molecule has 0 saturated carbocycles. The molecule has 1 unspecified atom stereocenters. The Morgan fingerprint density at radius 1 is 1.39 bits per heavy atom. The fraction of sp³-hybridized carbons (Fsp3) is 0.308. The lowest BCUT2D eigenvalue weighted by Crippen LogP contribution is -2.25. The van der Waals surface area contributed by atoms with Crippen LogP contribution in [0.2, 0.25) is 0 Å². The maximum absolute atomic E-state index is 6.13. The number of benzene rings is 1. The fourth-order valence-electron chi connectivity index (χ4n) is 1.67. The lowest BCUT2D eigenvalue weighted by Gasteiger charge is -2.09. The number of aryl methyl sites for hydroxylation is 1. The van der Waals surface area contributed by atoms with Gasteiger partial charge in [0.2, 0.25) is 0 Å². The molecule has 2 aromatic rings. The highest BCUT2D eigenvalue weighted by Gasteiger charge is 2.06. The standard InChI is InChI=1S/C13H16BrN3S/c1-17-8-10(7-16-17)6-12(15)9-18-13-4-2-11(14)3-5-13/h2-5,7-8,12H,6,9,15H2,1H3. The summed E-state index contributed by atoms with van der Waals surface area (Å²) in [5, 5.41) is 4.15. The summed E-state index contributed by atoms with van der Waals surface area (Å²) >= 11 is 5.22. The minimum absolute atomic E-state index is 0.155. The first-order valence-electron chi connectivity index (χ1n) is 5.75. The average Bonchev–Trinajstić information content (AvgIpc) is 2.74. The van der Waals surface area contributed by atoms with Crippen molar-refractivity contribution in [3.63, 3.8) is 0 Å². The van der Waals surface area contributed by atoms with Crippen LogP contribution in [0, 0.1) is 0 Å². The van der Waals surface area contributed by atoms with Crippen LogP contribution < -0.4 is 5.73 Å². The molecule has 1 atom stereocenters. The Morgan fingerprint density at radius 2 is 2.11 bits per heavy atom. The van der Waals surface area contributed by atoms with Crippen molar-refractivity contribution in [3.8, 4) is 0 Å². The van der Waals surface area contributed by atoms with Crippen LogP contribution in [-0.2, 0) is 13.5 Å². The quantitative estimate of drug-likeness (QED) is 0.860. The third-order valence-electron chi connectivity index (χ3n) is 2.53. The highest BCUT2D eigenvalue weighted by Crippen LogP contribution is 2.21. The largest absolute Gasteiger partial charge is 0.327 e. The topological polar surface area (TPSA) is 43.8 Å². The monoisotopic (exact) mass is 325 g/mol. The minimum atomic E-state index is 0.155. The maximum atomic E-state index is 6.13. The molecule has 0 fully saturated rings. The number of nitrogens with two attached hydrogens (primary N) is 1. The molecule has 2 rings (SSSR count). The molecule has 18 heavy (non-hydrogen) atoms. The second kappa shape index (κ2) is 6.41. The minimum Gasteiger partial charge on any atom is -0.327 e. The van der Waals surface area contributed by atoms with Gasteiger partial charge >= 0.3 is 0 Å². The van der Waals surface area contributed by atoms with E-state index in [0.29, 0.717) is 0 Å². The predicted molar refractivity (Wildman–Crippen MR) is 79.8 cm³/mol. The van der Waals surface area contributed by atoms with Gasteiger partial charge in [0.15, 0.2) is 0 Å². The number of aromatic nitrogens is 2. The third kappa shape index (κ3) is 4.15. The number of halogens is 1. The van der Waals surface area contributed by atoms with E-state index in [0.717, 1.165) is 16.6 Å². The van der Waals surface area contributed by atoms with Gasteiger partial charge in [0.25, 0.3) is 0 Å². The molecule has 1 aromatic carbocycles. The van der Waals surface area contributed by atoms with E-state index >= 15 is 0 Å². The second-order valence-corrected chi connectivity index (χ2v) is 6.26. The zero-order valence-corrected chi connectivity index (χ0v) is 12.6. The van der Waals surface area contributed by atoms with E-state index in [4.69, 9.17) is 5.73 Å². The summed E-state index contributed by atoms with van der Waals surface area (Å²) in [5.74, 6) is 0.913. The Bertz CT molecular complexity index is 495. The fourth-order valence-corrected chi connectivity index (χ4v) is 2.79. The van der Waals surface area contributed by atoms with Crippen molar-refractivity contribution in [2.75, 3.05) is 5.75 Å². The molecule has 3 nitrogen and oxygen atoms in total. The maximum Gasteiger partial charge on any atom is 0.0522 e. The molecule has 0 saturated heterocycles. The summed E-state index contributed by atoms with van der Waals surface area (Å²) in [5.41, 5.74) is 7.32. The van der Waals surface area contributed by atoms with Crippen molar-refractivity contribution in [1.82, 2.24) is 9.78 Å². The van der Waals surface area contributed by atoms with Gasteiger partial charge in [-0.1, -0.05) is 15.9 Å². The van der Waals surface area contributed by atoms with Gasteiger partial charge in [-0.3, -0.25) is 4.68 Å². The molecule has 0 spiro atoms. The molecular weight excluding hydrogens is 310 g/mol. The van der Waals surface area contributed by atoms with Crippen molar-refractivity contribution in [1.29, 1.82) is 0 Å². The van der Waals surface area contributed by atoms with Gasteiger partial charge < -0.3 is 5.73 Å². The van der Waals surface area contributed by atoms with Gasteiger partial charge in [0.05, 0.1) is 6.20 Å². The van der Waals surface area contributed by atoms with Gasteiger partial charge in [-0.25, -0.2) is 0 Å². The van der Waals surface area contributed by atoms with Gasteiger partial charge in [-0.15, -0.1) is 11.8 Å². The summed E-state index contributed by atoms with van der Waals surface area (Å²) < 4.78 is 2.91. The van der Waals surface area contributed by atoms with E-state index in [1.807, 2.05) is 24.1 Å². The molecule has 0 amide bonds. The van der Waals surface area contributed by atoms with Gasteiger partial charge in [0.1, 0.15) is 0 Å². The van der Waals surface area contributed by atoms with Crippen LogP contribution in [0.1, 0.15) is 5.56 Å². The normalized spacial score (nSPS) is 12.6. The van der Waals surface area contributed by atoms with Crippen LogP contribution >= 0.6 is 27.7 Å². The summed E-state index contributed by atoms with van der Waals surface area (Å²) in [4.78, 5) is 1.25. The third-order valence-corrected chi connectivity index (χ3v) is 4.26. The molecule has 0 aliphatic heterocycles. The zero-order valence-electron chi connectivity index (χ0n) is 10.2. The SMILES string of the molecule is Cn1cc(CC(N)CSc2ccc(Br)cc2)cn1. The van der Waals surface area contributed by atoms with Crippen LogP contribution in [0.25, 0.3) is 0 Å². The Morgan fingerprint density at radius 3 is 2.72 bits per heavy atom.